The first kappa shape index (κ1) is 9.73. The van der Waals surface area contributed by atoms with E-state index in [1.165, 1.54) is 6.20 Å². The molecule has 0 amide bonds. The zero-order valence-electron chi connectivity index (χ0n) is 7.87. The maximum Gasteiger partial charge on any atom is 0.290 e. The van der Waals surface area contributed by atoms with E-state index in [0.717, 1.165) is 13.1 Å². The molecule has 0 aromatic carbocycles. The van der Waals surface area contributed by atoms with Gasteiger partial charge >= 0.3 is 0 Å². The van der Waals surface area contributed by atoms with Crippen LogP contribution in [-0.2, 0) is 0 Å². The molecule has 0 saturated carbocycles. The zero-order chi connectivity index (χ0) is 9.68. The van der Waals surface area contributed by atoms with E-state index in [1.54, 1.807) is 6.20 Å². The molecule has 1 heterocycles. The van der Waals surface area contributed by atoms with Gasteiger partial charge in [-0.15, -0.1) is 0 Å². The van der Waals surface area contributed by atoms with Crippen LogP contribution in [0.4, 0.5) is 5.82 Å². The lowest BCUT2D eigenvalue weighted by molar-refractivity contribution is 0.757. The topological polar surface area (TPSA) is 61.0 Å². The van der Waals surface area contributed by atoms with Gasteiger partial charge in [0.2, 0.25) is 0 Å². The third kappa shape index (κ3) is 2.55. The van der Waals surface area contributed by atoms with Crippen molar-refractivity contribution < 1.29 is 0 Å². The van der Waals surface area contributed by atoms with Gasteiger partial charge in [-0.3, -0.25) is 4.79 Å². The molecule has 0 bridgehead atoms. The number of nitrogens with zero attached hydrogens (tertiary/aromatic N) is 2. The van der Waals surface area contributed by atoms with Crippen molar-refractivity contribution in [1.82, 2.24) is 15.3 Å². The van der Waals surface area contributed by atoms with Crippen LogP contribution in [0.15, 0.2) is 17.2 Å². The minimum atomic E-state index is -0.152. The van der Waals surface area contributed by atoms with Crippen LogP contribution in [0.3, 0.4) is 0 Å². The Labute approximate surface area is 76.8 Å². The number of H-pyrrole nitrogens is 1. The number of hydrogen-bond acceptors (Lipinski definition) is 4. The number of nitrogens with one attached hydrogen (secondary N) is 2. The standard InChI is InChI=1S/C8H14N4O/c1-9-5-6-12(2)7-8(13)11-4-3-10-7/h3-4,9H,5-6H2,1-2H3,(H,11,13). The van der Waals surface area contributed by atoms with Gasteiger partial charge in [-0.2, -0.15) is 0 Å². The van der Waals surface area contributed by atoms with Crippen molar-refractivity contribution in [2.75, 3.05) is 32.1 Å². The highest BCUT2D eigenvalue weighted by molar-refractivity contribution is 5.33. The summed E-state index contributed by atoms with van der Waals surface area (Å²) in [7, 11) is 3.71. The van der Waals surface area contributed by atoms with Crippen LogP contribution >= 0.6 is 0 Å². The van der Waals surface area contributed by atoms with Gasteiger partial charge in [0.25, 0.3) is 5.56 Å². The number of aromatic nitrogens is 2. The van der Waals surface area contributed by atoms with E-state index in [-0.39, 0.29) is 5.56 Å². The monoisotopic (exact) mass is 182 g/mol. The normalized spacial score (nSPS) is 10.0. The molecule has 0 spiro atoms. The molecular formula is C8H14N4O. The minimum absolute atomic E-state index is 0.152. The van der Waals surface area contributed by atoms with E-state index >= 15 is 0 Å². The largest absolute Gasteiger partial charge is 0.354 e. The highest BCUT2D eigenvalue weighted by Crippen LogP contribution is 1.96. The second-order valence-electron chi connectivity index (χ2n) is 2.77. The number of hydrogen-bond donors (Lipinski definition) is 2. The molecule has 0 radical (unpaired) electrons. The van der Waals surface area contributed by atoms with Crippen molar-refractivity contribution in [2.24, 2.45) is 0 Å². The summed E-state index contributed by atoms with van der Waals surface area (Å²) in [6.45, 7) is 1.59. The molecule has 13 heavy (non-hydrogen) atoms. The van der Waals surface area contributed by atoms with Gasteiger partial charge in [0.15, 0.2) is 5.82 Å². The molecule has 0 unspecified atom stereocenters. The number of rotatable bonds is 4. The molecule has 0 fully saturated rings. The fourth-order valence-electron chi connectivity index (χ4n) is 1.00. The Morgan fingerprint density at radius 1 is 1.69 bits per heavy atom. The molecule has 0 atom stereocenters. The van der Waals surface area contributed by atoms with Crippen LogP contribution in [0, 0.1) is 0 Å². The van der Waals surface area contributed by atoms with Gasteiger partial charge < -0.3 is 15.2 Å². The Bertz CT molecular complexity index is 309. The Kier molecular flexibility index (Phi) is 3.45. The third-order valence-corrected chi connectivity index (χ3v) is 1.75. The average molecular weight is 182 g/mol. The minimum Gasteiger partial charge on any atom is -0.354 e. The summed E-state index contributed by atoms with van der Waals surface area (Å²) in [5.74, 6) is 0.456. The lowest BCUT2D eigenvalue weighted by atomic mass is 10.5. The van der Waals surface area contributed by atoms with Gasteiger partial charge in [-0.05, 0) is 7.05 Å². The van der Waals surface area contributed by atoms with Crippen molar-refractivity contribution in [2.45, 2.75) is 0 Å². The van der Waals surface area contributed by atoms with E-state index in [1.807, 2.05) is 19.0 Å². The van der Waals surface area contributed by atoms with E-state index in [4.69, 9.17) is 0 Å². The molecule has 5 heteroatoms. The van der Waals surface area contributed by atoms with Gasteiger partial charge in [0.05, 0.1) is 0 Å². The number of likely N-dealkylation sites (N-methyl/N-ethyl adjacent to an activating group) is 2. The smallest absolute Gasteiger partial charge is 0.290 e. The molecular weight excluding hydrogens is 168 g/mol. The van der Waals surface area contributed by atoms with E-state index in [9.17, 15) is 4.79 Å². The van der Waals surface area contributed by atoms with Crippen LogP contribution in [-0.4, -0.2) is 37.2 Å². The summed E-state index contributed by atoms with van der Waals surface area (Å²) in [4.78, 5) is 19.6. The summed E-state index contributed by atoms with van der Waals surface area (Å²) in [6.07, 6.45) is 3.10. The van der Waals surface area contributed by atoms with E-state index in [0.29, 0.717) is 5.82 Å². The molecule has 0 aliphatic carbocycles. The molecule has 0 aliphatic rings. The molecule has 1 rings (SSSR count). The Hall–Kier alpha value is -1.36. The maximum atomic E-state index is 11.2. The fourth-order valence-corrected chi connectivity index (χ4v) is 1.00. The second kappa shape index (κ2) is 4.61. The fraction of sp³-hybridized carbons (Fsp3) is 0.500. The van der Waals surface area contributed by atoms with Gasteiger partial charge in [0.1, 0.15) is 0 Å². The van der Waals surface area contributed by atoms with Crippen molar-refractivity contribution in [3.63, 3.8) is 0 Å². The van der Waals surface area contributed by atoms with Crippen LogP contribution < -0.4 is 15.8 Å². The van der Waals surface area contributed by atoms with Crippen molar-refractivity contribution in [3.05, 3.63) is 22.7 Å². The first-order valence-corrected chi connectivity index (χ1v) is 4.15. The predicted molar refractivity (Wildman–Crippen MR) is 52.1 cm³/mol. The first-order valence-electron chi connectivity index (χ1n) is 4.15. The molecule has 0 saturated heterocycles. The lowest BCUT2D eigenvalue weighted by Crippen LogP contribution is -2.31. The third-order valence-electron chi connectivity index (χ3n) is 1.75. The summed E-state index contributed by atoms with van der Waals surface area (Å²) in [5.41, 5.74) is -0.152. The Balaban J connectivity index is 2.71. The van der Waals surface area contributed by atoms with Gasteiger partial charge in [-0.1, -0.05) is 0 Å². The molecule has 2 N–H and O–H groups in total. The highest BCUT2D eigenvalue weighted by Gasteiger charge is 2.04. The number of anilines is 1. The van der Waals surface area contributed by atoms with Crippen LogP contribution in [0.25, 0.3) is 0 Å². The van der Waals surface area contributed by atoms with E-state index < -0.39 is 0 Å². The van der Waals surface area contributed by atoms with Crippen molar-refractivity contribution in [3.8, 4) is 0 Å². The average Bonchev–Trinajstić information content (AvgIpc) is 2.15. The predicted octanol–water partition coefficient (Wildman–Crippen LogP) is -0.574. The zero-order valence-corrected chi connectivity index (χ0v) is 7.87. The summed E-state index contributed by atoms with van der Waals surface area (Å²) in [5, 5.41) is 3.01. The molecule has 1 aromatic rings. The number of aromatic amines is 1. The molecule has 72 valence electrons. The lowest BCUT2D eigenvalue weighted by Gasteiger charge is -2.15. The van der Waals surface area contributed by atoms with Crippen LogP contribution in [0.1, 0.15) is 0 Å². The van der Waals surface area contributed by atoms with Crippen molar-refractivity contribution >= 4 is 5.82 Å². The van der Waals surface area contributed by atoms with Crippen LogP contribution in [0.5, 0.6) is 0 Å². The van der Waals surface area contributed by atoms with E-state index in [2.05, 4.69) is 15.3 Å². The Morgan fingerprint density at radius 2 is 2.46 bits per heavy atom. The van der Waals surface area contributed by atoms with Gasteiger partial charge in [-0.25, -0.2) is 4.98 Å². The molecule has 5 nitrogen and oxygen atoms in total. The molecule has 1 aromatic heterocycles. The first-order chi connectivity index (χ1) is 6.25. The Morgan fingerprint density at radius 3 is 3.08 bits per heavy atom. The second-order valence-corrected chi connectivity index (χ2v) is 2.77. The SMILES string of the molecule is CNCCN(C)c1ncc[nH]c1=O. The summed E-state index contributed by atoms with van der Waals surface area (Å²) < 4.78 is 0. The molecule has 0 aliphatic heterocycles. The summed E-state index contributed by atoms with van der Waals surface area (Å²) in [6, 6.07) is 0. The van der Waals surface area contributed by atoms with Crippen LogP contribution in [0.2, 0.25) is 0 Å². The highest BCUT2D eigenvalue weighted by atomic mass is 16.1. The quantitative estimate of drug-likeness (QED) is 0.654. The van der Waals surface area contributed by atoms with Gasteiger partial charge in [0, 0.05) is 32.5 Å². The summed E-state index contributed by atoms with van der Waals surface area (Å²) >= 11 is 0. The van der Waals surface area contributed by atoms with Crippen molar-refractivity contribution in [1.29, 1.82) is 0 Å². The maximum absolute atomic E-state index is 11.2.